The van der Waals surface area contributed by atoms with E-state index in [2.05, 4.69) is 26.1 Å². The fourth-order valence-electron chi connectivity index (χ4n) is 2.33. The number of anilines is 1. The predicted octanol–water partition coefficient (Wildman–Crippen LogP) is 1.96. The molecule has 7 heteroatoms. The van der Waals surface area contributed by atoms with Crippen molar-refractivity contribution in [3.8, 4) is 5.75 Å². The second-order valence-electron chi connectivity index (χ2n) is 4.74. The fourth-order valence-corrected chi connectivity index (χ4v) is 3.29. The number of nitrogens with zero attached hydrogens (tertiary/aromatic N) is 5. The van der Waals surface area contributed by atoms with Gasteiger partial charge < -0.3 is 9.64 Å². The summed E-state index contributed by atoms with van der Waals surface area (Å²) in [4.78, 5) is 8.70. The van der Waals surface area contributed by atoms with Gasteiger partial charge in [0.2, 0.25) is 0 Å². The lowest BCUT2D eigenvalue weighted by molar-refractivity contribution is 0.332. The second kappa shape index (κ2) is 4.45. The monoisotopic (exact) mass is 287 g/mol. The van der Waals surface area contributed by atoms with Crippen LogP contribution < -0.4 is 9.64 Å². The molecule has 1 saturated heterocycles. The van der Waals surface area contributed by atoms with Gasteiger partial charge in [-0.1, -0.05) is 11.3 Å². The van der Waals surface area contributed by atoms with E-state index >= 15 is 0 Å². The number of aromatic nitrogens is 4. The third-order valence-electron chi connectivity index (χ3n) is 3.48. The summed E-state index contributed by atoms with van der Waals surface area (Å²) in [5.41, 5.74) is 0.991. The van der Waals surface area contributed by atoms with Crippen LogP contribution in [0.15, 0.2) is 30.6 Å². The summed E-state index contributed by atoms with van der Waals surface area (Å²) in [6.45, 7) is 1.82. The molecule has 1 aliphatic heterocycles. The Morgan fingerprint density at radius 1 is 1.25 bits per heavy atom. The van der Waals surface area contributed by atoms with Crippen molar-refractivity contribution in [1.29, 1.82) is 0 Å². The summed E-state index contributed by atoms with van der Waals surface area (Å²) in [5.74, 6) is 0.844. The van der Waals surface area contributed by atoms with Crippen molar-refractivity contribution >= 4 is 26.7 Å². The standard InChI is InChI=1S/C13H13N5OS/c1-19-10-2-3-12-11(6-10)16-13(20-12)17-7-9(8-17)18-14-4-5-15-18/h2-6,9H,7-8H2,1H3. The van der Waals surface area contributed by atoms with Gasteiger partial charge in [-0.2, -0.15) is 15.0 Å². The summed E-state index contributed by atoms with van der Waals surface area (Å²) in [7, 11) is 1.67. The van der Waals surface area contributed by atoms with Crippen LogP contribution >= 0.6 is 11.3 Å². The minimum atomic E-state index is 0.353. The molecule has 2 aromatic heterocycles. The molecule has 3 heterocycles. The van der Waals surface area contributed by atoms with Crippen LogP contribution in [0.3, 0.4) is 0 Å². The quantitative estimate of drug-likeness (QED) is 0.737. The van der Waals surface area contributed by atoms with E-state index in [0.717, 1.165) is 29.5 Å². The van der Waals surface area contributed by atoms with E-state index in [4.69, 9.17) is 4.74 Å². The van der Waals surface area contributed by atoms with Crippen LogP contribution in [0.2, 0.25) is 0 Å². The molecular weight excluding hydrogens is 274 g/mol. The van der Waals surface area contributed by atoms with Gasteiger partial charge in [-0.3, -0.25) is 0 Å². The van der Waals surface area contributed by atoms with Gasteiger partial charge in [0.1, 0.15) is 11.8 Å². The smallest absolute Gasteiger partial charge is 0.186 e. The number of ether oxygens (including phenoxy) is 1. The maximum absolute atomic E-state index is 5.23. The molecule has 0 bridgehead atoms. The van der Waals surface area contributed by atoms with Gasteiger partial charge in [0, 0.05) is 19.2 Å². The third-order valence-corrected chi connectivity index (χ3v) is 4.58. The summed E-state index contributed by atoms with van der Waals surface area (Å²) < 4.78 is 6.41. The number of fused-ring (bicyclic) bond motifs is 1. The Kier molecular flexibility index (Phi) is 2.59. The van der Waals surface area contributed by atoms with Gasteiger partial charge in [-0.05, 0) is 12.1 Å². The average molecular weight is 287 g/mol. The molecule has 0 saturated carbocycles. The van der Waals surface area contributed by atoms with Crippen molar-refractivity contribution in [1.82, 2.24) is 20.0 Å². The second-order valence-corrected chi connectivity index (χ2v) is 5.75. The molecule has 0 N–H and O–H groups in total. The molecule has 1 fully saturated rings. The molecule has 3 aromatic rings. The normalized spacial score (nSPS) is 15.6. The lowest BCUT2D eigenvalue weighted by Gasteiger charge is -2.37. The third kappa shape index (κ3) is 1.82. The molecule has 102 valence electrons. The van der Waals surface area contributed by atoms with E-state index in [1.807, 2.05) is 12.1 Å². The zero-order valence-corrected chi connectivity index (χ0v) is 11.7. The number of rotatable bonds is 3. The molecule has 0 aliphatic carbocycles. The molecule has 6 nitrogen and oxygen atoms in total. The maximum atomic E-state index is 5.23. The molecule has 0 amide bonds. The van der Waals surface area contributed by atoms with Crippen molar-refractivity contribution < 1.29 is 4.74 Å². The van der Waals surface area contributed by atoms with Crippen LogP contribution in [0.25, 0.3) is 10.2 Å². The Bertz CT molecular complexity index is 732. The van der Waals surface area contributed by atoms with Crippen LogP contribution in [0, 0.1) is 0 Å². The molecule has 4 rings (SSSR count). The van der Waals surface area contributed by atoms with Crippen molar-refractivity contribution in [3.63, 3.8) is 0 Å². The maximum Gasteiger partial charge on any atom is 0.186 e. The minimum absolute atomic E-state index is 0.353. The van der Waals surface area contributed by atoms with E-state index in [0.29, 0.717) is 6.04 Å². The average Bonchev–Trinajstić information content (AvgIpc) is 3.05. The first-order chi connectivity index (χ1) is 9.83. The summed E-state index contributed by atoms with van der Waals surface area (Å²) in [5, 5.41) is 9.41. The Morgan fingerprint density at radius 2 is 2.05 bits per heavy atom. The van der Waals surface area contributed by atoms with Crippen molar-refractivity contribution in [2.75, 3.05) is 25.1 Å². The van der Waals surface area contributed by atoms with Gasteiger partial charge in [0.25, 0.3) is 0 Å². The number of hydrogen-bond donors (Lipinski definition) is 0. The highest BCUT2D eigenvalue weighted by atomic mass is 32.1. The molecule has 20 heavy (non-hydrogen) atoms. The first-order valence-corrected chi connectivity index (χ1v) is 7.20. The Morgan fingerprint density at radius 3 is 2.80 bits per heavy atom. The van der Waals surface area contributed by atoms with Gasteiger partial charge in [0.05, 0.1) is 29.7 Å². The summed E-state index contributed by atoms with van der Waals surface area (Å²) in [6, 6.07) is 6.35. The number of methoxy groups -OCH3 is 1. The van der Waals surface area contributed by atoms with Gasteiger partial charge >= 0.3 is 0 Å². The van der Waals surface area contributed by atoms with Gasteiger partial charge in [-0.25, -0.2) is 4.98 Å². The molecule has 1 aliphatic rings. The molecule has 0 radical (unpaired) electrons. The largest absolute Gasteiger partial charge is 0.497 e. The molecule has 0 atom stereocenters. The zero-order chi connectivity index (χ0) is 13.5. The van der Waals surface area contributed by atoms with Crippen LogP contribution in [0.4, 0.5) is 5.13 Å². The predicted molar refractivity (Wildman–Crippen MR) is 77.4 cm³/mol. The van der Waals surface area contributed by atoms with Gasteiger partial charge in [0.15, 0.2) is 5.13 Å². The minimum Gasteiger partial charge on any atom is -0.497 e. The van der Waals surface area contributed by atoms with E-state index in [-0.39, 0.29) is 0 Å². The van der Waals surface area contributed by atoms with Crippen molar-refractivity contribution in [3.05, 3.63) is 30.6 Å². The fraction of sp³-hybridized carbons (Fsp3) is 0.308. The first-order valence-electron chi connectivity index (χ1n) is 6.39. The molecule has 0 unspecified atom stereocenters. The number of thiazole rings is 1. The highest BCUT2D eigenvalue weighted by Gasteiger charge is 2.31. The molecule has 1 aromatic carbocycles. The van der Waals surface area contributed by atoms with E-state index in [1.54, 1.807) is 35.6 Å². The molecule has 0 spiro atoms. The van der Waals surface area contributed by atoms with Crippen LogP contribution in [-0.2, 0) is 0 Å². The van der Waals surface area contributed by atoms with Crippen molar-refractivity contribution in [2.24, 2.45) is 0 Å². The Balaban J connectivity index is 1.55. The lowest BCUT2D eigenvalue weighted by atomic mass is 10.1. The highest BCUT2D eigenvalue weighted by Crippen LogP contribution is 2.35. The first kappa shape index (κ1) is 11.7. The zero-order valence-electron chi connectivity index (χ0n) is 10.9. The molecular formula is C13H13N5OS. The summed E-state index contributed by atoms with van der Waals surface area (Å²) in [6.07, 6.45) is 3.43. The lowest BCUT2D eigenvalue weighted by Crippen LogP contribution is -2.48. The van der Waals surface area contributed by atoms with E-state index in [9.17, 15) is 0 Å². The SMILES string of the molecule is COc1ccc2sc(N3CC(n4nccn4)C3)nc2c1. The summed E-state index contributed by atoms with van der Waals surface area (Å²) >= 11 is 1.71. The Hall–Kier alpha value is -2.15. The number of benzene rings is 1. The Labute approximate surface area is 119 Å². The van der Waals surface area contributed by atoms with Crippen LogP contribution in [0.5, 0.6) is 5.75 Å². The van der Waals surface area contributed by atoms with Crippen LogP contribution in [-0.4, -0.2) is 40.2 Å². The van der Waals surface area contributed by atoms with Crippen molar-refractivity contribution in [2.45, 2.75) is 6.04 Å². The number of hydrogen-bond acceptors (Lipinski definition) is 6. The topological polar surface area (TPSA) is 56.1 Å². The van der Waals surface area contributed by atoms with Crippen LogP contribution in [0.1, 0.15) is 6.04 Å². The van der Waals surface area contributed by atoms with E-state index < -0.39 is 0 Å². The van der Waals surface area contributed by atoms with Gasteiger partial charge in [-0.15, -0.1) is 0 Å². The highest BCUT2D eigenvalue weighted by molar-refractivity contribution is 7.22. The van der Waals surface area contributed by atoms with E-state index in [1.165, 1.54) is 4.70 Å².